The van der Waals surface area contributed by atoms with Crippen molar-refractivity contribution in [2.24, 2.45) is 0 Å². The second-order valence-electron chi connectivity index (χ2n) is 9.00. The van der Waals surface area contributed by atoms with Crippen molar-refractivity contribution in [3.8, 4) is 11.1 Å². The van der Waals surface area contributed by atoms with Crippen molar-refractivity contribution in [2.75, 3.05) is 13.2 Å². The van der Waals surface area contributed by atoms with Crippen molar-refractivity contribution in [2.45, 2.75) is 63.6 Å². The van der Waals surface area contributed by atoms with E-state index < -0.39 is 23.3 Å². The van der Waals surface area contributed by atoms with E-state index in [2.05, 4.69) is 0 Å². The van der Waals surface area contributed by atoms with Gasteiger partial charge in [-0.25, -0.2) is 17.6 Å². The molecule has 4 unspecified atom stereocenters. The van der Waals surface area contributed by atoms with Gasteiger partial charge in [-0.05, 0) is 50.7 Å². The van der Waals surface area contributed by atoms with Gasteiger partial charge in [0.15, 0.2) is 23.3 Å². The topological polar surface area (TPSA) is 18.5 Å². The van der Waals surface area contributed by atoms with Gasteiger partial charge < -0.3 is 9.47 Å². The van der Waals surface area contributed by atoms with Crippen LogP contribution >= 0.6 is 0 Å². The molecule has 2 aliphatic heterocycles. The Kier molecular flexibility index (Phi) is 7.89. The summed E-state index contributed by atoms with van der Waals surface area (Å²) in [6.45, 7) is 4.36. The van der Waals surface area contributed by atoms with Gasteiger partial charge in [0, 0.05) is 23.0 Å². The van der Waals surface area contributed by atoms with Gasteiger partial charge >= 0.3 is 0 Å². The normalized spacial score (nSPS) is 25.9. The van der Waals surface area contributed by atoms with Gasteiger partial charge in [0.1, 0.15) is 0 Å². The fourth-order valence-corrected chi connectivity index (χ4v) is 4.94. The summed E-state index contributed by atoms with van der Waals surface area (Å²) in [7, 11) is 0. The molecule has 2 nitrogen and oxygen atoms in total. The average Bonchev–Trinajstić information content (AvgIpc) is 2.85. The maximum atomic E-state index is 15.0. The lowest BCUT2D eigenvalue weighted by Gasteiger charge is -2.28. The van der Waals surface area contributed by atoms with Gasteiger partial charge in [-0.3, -0.25) is 0 Å². The van der Waals surface area contributed by atoms with Crippen LogP contribution in [-0.4, -0.2) is 25.4 Å². The Balaban J connectivity index is 1.55. The molecule has 2 aromatic rings. The zero-order valence-electron chi connectivity index (χ0n) is 19.5. The Morgan fingerprint density at radius 1 is 0.618 bits per heavy atom. The fourth-order valence-electron chi connectivity index (χ4n) is 4.94. The quantitative estimate of drug-likeness (QED) is 0.328. The zero-order chi connectivity index (χ0) is 24.2. The van der Waals surface area contributed by atoms with Gasteiger partial charge in [0.25, 0.3) is 0 Å². The van der Waals surface area contributed by atoms with Gasteiger partial charge in [-0.2, -0.15) is 0 Å². The standard InChI is InChI=1S/C28H30F4O2/c1-3-5-19-9-7-17(15-33-19)21-11-13-23(27(31)25(21)29)24-14-12-22(26(30)28(24)32)18-8-10-20(6-4-2)34-16-18/h3-6,11-14,17-20H,7-10,15-16H2,1-2H3. The van der Waals surface area contributed by atoms with Crippen LogP contribution in [0.15, 0.2) is 48.6 Å². The van der Waals surface area contributed by atoms with E-state index in [1.54, 1.807) is 0 Å². The fraction of sp³-hybridized carbons (Fsp3) is 0.429. The van der Waals surface area contributed by atoms with Crippen LogP contribution < -0.4 is 0 Å². The molecule has 34 heavy (non-hydrogen) atoms. The van der Waals surface area contributed by atoms with Crippen LogP contribution in [0.3, 0.4) is 0 Å². The summed E-state index contributed by atoms with van der Waals surface area (Å²) < 4.78 is 71.5. The summed E-state index contributed by atoms with van der Waals surface area (Å²) in [5.41, 5.74) is -0.179. The van der Waals surface area contributed by atoms with Crippen LogP contribution in [0.25, 0.3) is 11.1 Å². The second-order valence-corrected chi connectivity index (χ2v) is 9.00. The van der Waals surface area contributed by atoms with Crippen LogP contribution in [0, 0.1) is 23.3 Å². The molecular formula is C28H30F4O2. The minimum atomic E-state index is -1.17. The molecule has 0 N–H and O–H groups in total. The van der Waals surface area contributed by atoms with E-state index in [0.29, 0.717) is 25.7 Å². The van der Waals surface area contributed by atoms with Crippen molar-refractivity contribution in [1.29, 1.82) is 0 Å². The van der Waals surface area contributed by atoms with E-state index in [9.17, 15) is 8.78 Å². The molecule has 0 radical (unpaired) electrons. The lowest BCUT2D eigenvalue weighted by molar-refractivity contribution is 0.0316. The molecule has 0 spiro atoms. The molecular weight excluding hydrogens is 444 g/mol. The number of hydrogen-bond donors (Lipinski definition) is 0. The molecule has 2 aliphatic rings. The summed E-state index contributed by atoms with van der Waals surface area (Å²) in [5, 5.41) is 0. The first-order valence-electron chi connectivity index (χ1n) is 11.9. The van der Waals surface area contributed by atoms with Crippen molar-refractivity contribution >= 4 is 0 Å². The van der Waals surface area contributed by atoms with E-state index in [1.165, 1.54) is 24.3 Å². The van der Waals surface area contributed by atoms with E-state index >= 15 is 8.78 Å². The highest BCUT2D eigenvalue weighted by atomic mass is 19.2. The first kappa shape index (κ1) is 24.7. The molecule has 4 rings (SSSR count). The number of allylic oxidation sites excluding steroid dienone is 2. The van der Waals surface area contributed by atoms with E-state index in [0.717, 1.165) is 0 Å². The molecule has 0 aliphatic carbocycles. The van der Waals surface area contributed by atoms with Gasteiger partial charge in [0.05, 0.1) is 25.4 Å². The summed E-state index contributed by atoms with van der Waals surface area (Å²) in [6, 6.07) is 5.57. The molecule has 0 amide bonds. The van der Waals surface area contributed by atoms with Crippen LogP contribution in [0.5, 0.6) is 0 Å². The summed E-state index contributed by atoms with van der Waals surface area (Å²) in [6.07, 6.45) is 10.4. The lowest BCUT2D eigenvalue weighted by Crippen LogP contribution is -2.24. The van der Waals surface area contributed by atoms with E-state index in [-0.39, 0.29) is 59.5 Å². The molecule has 2 saturated heterocycles. The Labute approximate surface area is 198 Å². The summed E-state index contributed by atoms with van der Waals surface area (Å²) >= 11 is 0. The third-order valence-electron chi connectivity index (χ3n) is 6.83. The van der Waals surface area contributed by atoms with Crippen molar-refractivity contribution < 1.29 is 27.0 Å². The van der Waals surface area contributed by atoms with Crippen LogP contribution in [0.2, 0.25) is 0 Å². The number of hydrogen-bond acceptors (Lipinski definition) is 2. The molecule has 0 saturated carbocycles. The molecule has 2 aromatic carbocycles. The molecule has 2 heterocycles. The van der Waals surface area contributed by atoms with E-state index in [1.807, 2.05) is 38.2 Å². The minimum Gasteiger partial charge on any atom is -0.374 e. The SMILES string of the molecule is CC=CC1CCC(c2ccc(-c3ccc(C4CCC(C=CC)OC4)c(F)c3F)c(F)c2F)CO1. The summed E-state index contributed by atoms with van der Waals surface area (Å²) in [4.78, 5) is 0. The Morgan fingerprint density at radius 3 is 1.35 bits per heavy atom. The number of benzene rings is 2. The highest BCUT2D eigenvalue weighted by molar-refractivity contribution is 5.66. The first-order chi connectivity index (χ1) is 16.4. The first-order valence-corrected chi connectivity index (χ1v) is 11.9. The number of rotatable bonds is 5. The third kappa shape index (κ3) is 4.98. The summed E-state index contributed by atoms with van der Waals surface area (Å²) in [5.74, 6) is -4.98. The van der Waals surface area contributed by atoms with Gasteiger partial charge in [-0.15, -0.1) is 0 Å². The van der Waals surface area contributed by atoms with Gasteiger partial charge in [-0.1, -0.05) is 48.6 Å². The monoisotopic (exact) mass is 474 g/mol. The number of halogens is 4. The Hall–Kier alpha value is -2.44. The molecule has 2 fully saturated rings. The van der Waals surface area contributed by atoms with Crippen molar-refractivity contribution in [3.05, 3.63) is 83.0 Å². The maximum absolute atomic E-state index is 15.0. The predicted octanol–water partition coefficient (Wildman–Crippen LogP) is 7.59. The van der Waals surface area contributed by atoms with Crippen LogP contribution in [0.4, 0.5) is 17.6 Å². The molecule has 4 atom stereocenters. The maximum Gasteiger partial charge on any atom is 0.167 e. The van der Waals surface area contributed by atoms with Crippen molar-refractivity contribution in [1.82, 2.24) is 0 Å². The largest absolute Gasteiger partial charge is 0.374 e. The van der Waals surface area contributed by atoms with Crippen molar-refractivity contribution in [3.63, 3.8) is 0 Å². The zero-order valence-corrected chi connectivity index (χ0v) is 19.5. The molecule has 0 bridgehead atoms. The minimum absolute atomic E-state index is 0.0208. The Morgan fingerprint density at radius 2 is 1.03 bits per heavy atom. The molecule has 0 aromatic heterocycles. The highest BCUT2D eigenvalue weighted by Crippen LogP contribution is 2.38. The smallest absolute Gasteiger partial charge is 0.167 e. The van der Waals surface area contributed by atoms with Crippen LogP contribution in [-0.2, 0) is 9.47 Å². The highest BCUT2D eigenvalue weighted by Gasteiger charge is 2.29. The van der Waals surface area contributed by atoms with Crippen LogP contribution in [0.1, 0.15) is 62.5 Å². The van der Waals surface area contributed by atoms with E-state index in [4.69, 9.17) is 9.47 Å². The predicted molar refractivity (Wildman–Crippen MR) is 125 cm³/mol. The number of ether oxygens (including phenoxy) is 2. The molecule has 182 valence electrons. The Bertz CT molecular complexity index is 977. The van der Waals surface area contributed by atoms with Gasteiger partial charge in [0.2, 0.25) is 0 Å². The second kappa shape index (κ2) is 10.9. The third-order valence-corrected chi connectivity index (χ3v) is 6.83. The molecule has 6 heteroatoms. The average molecular weight is 475 g/mol. The lowest BCUT2D eigenvalue weighted by atomic mass is 9.87.